The molecule has 2 rings (SSSR count). The number of rotatable bonds is 3. The van der Waals surface area contributed by atoms with Gasteiger partial charge in [-0.3, -0.25) is 4.79 Å². The van der Waals surface area contributed by atoms with Gasteiger partial charge in [0, 0.05) is 12.4 Å². The summed E-state index contributed by atoms with van der Waals surface area (Å²) in [5.41, 5.74) is 6.35. The fraction of sp³-hybridized carbons (Fsp3) is 0.214. The molecule has 0 bridgehead atoms. The van der Waals surface area contributed by atoms with Crippen molar-refractivity contribution in [3.05, 3.63) is 42.5 Å². The Balaban J connectivity index is 2.45. The molecule has 0 aromatic heterocycles. The average molecular weight is 244 g/mol. The molecular formula is C14H16N2O2. The Bertz CT molecular complexity index is 563. The summed E-state index contributed by atoms with van der Waals surface area (Å²) in [7, 11) is 1.67. The van der Waals surface area contributed by atoms with Gasteiger partial charge in [-0.1, -0.05) is 36.4 Å². The van der Waals surface area contributed by atoms with Crippen LogP contribution in [0.1, 0.15) is 0 Å². The van der Waals surface area contributed by atoms with Gasteiger partial charge in [0.1, 0.15) is 6.04 Å². The third kappa shape index (κ3) is 2.20. The van der Waals surface area contributed by atoms with Gasteiger partial charge in [-0.15, -0.1) is 0 Å². The number of fused-ring (bicyclic) bond motifs is 1. The van der Waals surface area contributed by atoms with E-state index in [2.05, 4.69) is 0 Å². The second kappa shape index (κ2) is 5.16. The first-order valence-electron chi connectivity index (χ1n) is 5.77. The Kier molecular flexibility index (Phi) is 3.60. The van der Waals surface area contributed by atoms with E-state index >= 15 is 0 Å². The lowest BCUT2D eigenvalue weighted by Crippen LogP contribution is -2.44. The molecule has 2 aromatic rings. The zero-order valence-corrected chi connectivity index (χ0v) is 10.2. The summed E-state index contributed by atoms with van der Waals surface area (Å²) in [6, 6.07) is 12.7. The van der Waals surface area contributed by atoms with Crippen molar-refractivity contribution in [2.24, 2.45) is 5.73 Å². The summed E-state index contributed by atoms with van der Waals surface area (Å²) in [6.07, 6.45) is 0. The molecule has 1 atom stereocenters. The number of nitrogens with two attached hydrogens (primary N) is 1. The average Bonchev–Trinajstić information content (AvgIpc) is 2.44. The fourth-order valence-electron chi connectivity index (χ4n) is 1.95. The third-order valence-electron chi connectivity index (χ3n) is 2.97. The molecule has 1 amide bonds. The number of aliphatic hydroxyl groups excluding tert-OH is 1. The lowest BCUT2D eigenvalue weighted by Gasteiger charge is -2.21. The monoisotopic (exact) mass is 244 g/mol. The largest absolute Gasteiger partial charge is 0.394 e. The van der Waals surface area contributed by atoms with E-state index in [9.17, 15) is 4.79 Å². The highest BCUT2D eigenvalue weighted by Gasteiger charge is 2.19. The molecule has 1 unspecified atom stereocenters. The van der Waals surface area contributed by atoms with Crippen LogP contribution < -0.4 is 10.6 Å². The van der Waals surface area contributed by atoms with Crippen molar-refractivity contribution in [1.82, 2.24) is 0 Å². The minimum Gasteiger partial charge on any atom is -0.394 e. The van der Waals surface area contributed by atoms with Gasteiger partial charge in [-0.05, 0) is 11.5 Å². The SMILES string of the molecule is CN(C(=O)C(N)CO)c1cccc2ccccc12. The fourth-order valence-corrected chi connectivity index (χ4v) is 1.95. The minimum absolute atomic E-state index is 0.297. The van der Waals surface area contributed by atoms with Gasteiger partial charge >= 0.3 is 0 Å². The van der Waals surface area contributed by atoms with Crippen LogP contribution in [0.4, 0.5) is 5.69 Å². The zero-order chi connectivity index (χ0) is 13.1. The van der Waals surface area contributed by atoms with Crippen LogP contribution in [0.2, 0.25) is 0 Å². The predicted octanol–water partition coefficient (Wildman–Crippen LogP) is 1.12. The van der Waals surface area contributed by atoms with Crippen molar-refractivity contribution >= 4 is 22.4 Å². The molecule has 0 heterocycles. The van der Waals surface area contributed by atoms with E-state index in [1.807, 2.05) is 42.5 Å². The molecule has 0 spiro atoms. The number of hydrogen-bond acceptors (Lipinski definition) is 3. The number of carbonyl (C=O) groups excluding carboxylic acids is 1. The minimum atomic E-state index is -0.881. The van der Waals surface area contributed by atoms with Gasteiger partial charge in [-0.2, -0.15) is 0 Å². The van der Waals surface area contributed by atoms with E-state index < -0.39 is 6.04 Å². The predicted molar refractivity (Wildman–Crippen MR) is 72.4 cm³/mol. The molecule has 0 aliphatic carbocycles. The van der Waals surface area contributed by atoms with Crippen LogP contribution in [-0.4, -0.2) is 30.7 Å². The molecule has 0 saturated heterocycles. The normalized spacial score (nSPS) is 12.4. The number of nitrogens with zero attached hydrogens (tertiary/aromatic N) is 1. The number of benzene rings is 2. The molecule has 0 radical (unpaired) electrons. The third-order valence-corrected chi connectivity index (χ3v) is 2.97. The van der Waals surface area contributed by atoms with Crippen LogP contribution in [0.25, 0.3) is 10.8 Å². The molecular weight excluding hydrogens is 228 g/mol. The first kappa shape index (κ1) is 12.5. The molecule has 0 saturated carbocycles. The Morgan fingerprint density at radius 2 is 1.94 bits per heavy atom. The van der Waals surface area contributed by atoms with E-state index in [0.717, 1.165) is 16.5 Å². The Hall–Kier alpha value is -1.91. The van der Waals surface area contributed by atoms with E-state index in [-0.39, 0.29) is 12.5 Å². The summed E-state index contributed by atoms with van der Waals surface area (Å²) >= 11 is 0. The lowest BCUT2D eigenvalue weighted by molar-refractivity contribution is -0.120. The van der Waals surface area contributed by atoms with Crippen molar-refractivity contribution in [1.29, 1.82) is 0 Å². The highest BCUT2D eigenvalue weighted by Crippen LogP contribution is 2.25. The van der Waals surface area contributed by atoms with Crippen LogP contribution in [0.15, 0.2) is 42.5 Å². The Morgan fingerprint density at radius 1 is 1.28 bits per heavy atom. The van der Waals surface area contributed by atoms with Crippen molar-refractivity contribution in [2.45, 2.75) is 6.04 Å². The number of hydrogen-bond donors (Lipinski definition) is 2. The Labute approximate surface area is 106 Å². The smallest absolute Gasteiger partial charge is 0.246 e. The van der Waals surface area contributed by atoms with Crippen LogP contribution in [0.5, 0.6) is 0 Å². The van der Waals surface area contributed by atoms with Crippen LogP contribution >= 0.6 is 0 Å². The number of likely N-dealkylation sites (N-methyl/N-ethyl adjacent to an activating group) is 1. The highest BCUT2D eigenvalue weighted by atomic mass is 16.3. The molecule has 4 heteroatoms. The second-order valence-electron chi connectivity index (χ2n) is 4.18. The van der Waals surface area contributed by atoms with E-state index in [1.165, 1.54) is 4.90 Å². The second-order valence-corrected chi connectivity index (χ2v) is 4.18. The van der Waals surface area contributed by atoms with Gasteiger partial charge in [-0.25, -0.2) is 0 Å². The molecule has 94 valence electrons. The first-order chi connectivity index (χ1) is 8.65. The van der Waals surface area contributed by atoms with Gasteiger partial charge in [0.15, 0.2) is 0 Å². The van der Waals surface area contributed by atoms with Crippen molar-refractivity contribution < 1.29 is 9.90 Å². The maximum absolute atomic E-state index is 12.0. The maximum atomic E-state index is 12.0. The highest BCUT2D eigenvalue weighted by molar-refractivity contribution is 6.05. The van der Waals surface area contributed by atoms with Crippen molar-refractivity contribution in [3.63, 3.8) is 0 Å². The summed E-state index contributed by atoms with van der Waals surface area (Å²) < 4.78 is 0. The Morgan fingerprint density at radius 3 is 2.67 bits per heavy atom. The summed E-state index contributed by atoms with van der Waals surface area (Å²) in [4.78, 5) is 13.4. The summed E-state index contributed by atoms with van der Waals surface area (Å²) in [5.74, 6) is -0.297. The quantitative estimate of drug-likeness (QED) is 0.850. The van der Waals surface area contributed by atoms with Crippen molar-refractivity contribution in [2.75, 3.05) is 18.6 Å². The van der Waals surface area contributed by atoms with E-state index in [0.29, 0.717) is 0 Å². The topological polar surface area (TPSA) is 66.6 Å². The zero-order valence-electron chi connectivity index (χ0n) is 10.2. The number of anilines is 1. The molecule has 0 aliphatic heterocycles. The number of carbonyl (C=O) groups is 1. The summed E-state index contributed by atoms with van der Waals surface area (Å²) in [5, 5.41) is 11.0. The van der Waals surface area contributed by atoms with Crippen LogP contribution in [-0.2, 0) is 4.79 Å². The molecule has 0 fully saturated rings. The summed E-state index contributed by atoms with van der Waals surface area (Å²) in [6.45, 7) is -0.353. The van der Waals surface area contributed by atoms with Crippen LogP contribution in [0.3, 0.4) is 0 Å². The van der Waals surface area contributed by atoms with Gasteiger partial charge < -0.3 is 15.7 Å². The molecule has 0 aliphatic rings. The van der Waals surface area contributed by atoms with Gasteiger partial charge in [0.05, 0.1) is 12.3 Å². The van der Waals surface area contributed by atoms with E-state index in [4.69, 9.17) is 10.8 Å². The number of aliphatic hydroxyl groups is 1. The van der Waals surface area contributed by atoms with Gasteiger partial charge in [0.25, 0.3) is 0 Å². The van der Waals surface area contributed by atoms with Gasteiger partial charge in [0.2, 0.25) is 5.91 Å². The maximum Gasteiger partial charge on any atom is 0.246 e. The number of amides is 1. The van der Waals surface area contributed by atoms with Crippen LogP contribution in [0, 0.1) is 0 Å². The first-order valence-corrected chi connectivity index (χ1v) is 5.77. The molecule has 3 N–H and O–H groups in total. The molecule has 18 heavy (non-hydrogen) atoms. The lowest BCUT2D eigenvalue weighted by atomic mass is 10.1. The van der Waals surface area contributed by atoms with Crippen molar-refractivity contribution in [3.8, 4) is 0 Å². The standard InChI is InChI=1S/C14H16N2O2/c1-16(14(18)12(15)9-17)13-8-4-6-10-5-2-3-7-11(10)13/h2-8,12,17H,9,15H2,1H3. The molecule has 4 nitrogen and oxygen atoms in total. The molecule has 2 aromatic carbocycles. The van der Waals surface area contributed by atoms with E-state index in [1.54, 1.807) is 7.05 Å².